The van der Waals surface area contributed by atoms with Crippen LogP contribution in [0.3, 0.4) is 0 Å². The molecular formula is C14H20O. The van der Waals surface area contributed by atoms with Crippen molar-refractivity contribution in [3.05, 3.63) is 35.9 Å². The maximum atomic E-state index is 11.7. The first-order valence-electron chi connectivity index (χ1n) is 5.53. The number of carbonyl (C=O) groups excluding carboxylic acids is 1. The van der Waals surface area contributed by atoms with Crippen molar-refractivity contribution in [1.29, 1.82) is 0 Å². The molecular weight excluding hydrogens is 184 g/mol. The van der Waals surface area contributed by atoms with E-state index in [4.69, 9.17) is 0 Å². The number of hydrogen-bond donors (Lipinski definition) is 0. The summed E-state index contributed by atoms with van der Waals surface area (Å²) in [6.45, 7) is 6.51. The molecule has 1 nitrogen and oxygen atoms in total. The van der Waals surface area contributed by atoms with Gasteiger partial charge in [0.1, 0.15) is 5.78 Å². The molecule has 0 heterocycles. The summed E-state index contributed by atoms with van der Waals surface area (Å²) >= 11 is 0. The fourth-order valence-corrected chi connectivity index (χ4v) is 1.43. The Kier molecular flexibility index (Phi) is 4.07. The van der Waals surface area contributed by atoms with Gasteiger partial charge in [0, 0.05) is 12.8 Å². The van der Waals surface area contributed by atoms with Crippen LogP contribution < -0.4 is 0 Å². The van der Waals surface area contributed by atoms with Gasteiger partial charge in [-0.15, -0.1) is 0 Å². The molecule has 0 aliphatic heterocycles. The normalized spacial score (nSPS) is 11.4. The van der Waals surface area contributed by atoms with Crippen molar-refractivity contribution in [2.75, 3.05) is 0 Å². The summed E-state index contributed by atoms with van der Waals surface area (Å²) < 4.78 is 0. The molecule has 0 saturated heterocycles. The molecule has 0 aliphatic carbocycles. The smallest absolute Gasteiger partial charge is 0.137 e. The maximum absolute atomic E-state index is 11.7. The lowest BCUT2D eigenvalue weighted by atomic mass is 9.89. The Morgan fingerprint density at radius 3 is 2.27 bits per heavy atom. The van der Waals surface area contributed by atoms with Crippen LogP contribution in [0, 0.1) is 5.41 Å². The van der Waals surface area contributed by atoms with Crippen molar-refractivity contribution in [3.63, 3.8) is 0 Å². The van der Waals surface area contributed by atoms with E-state index in [-0.39, 0.29) is 5.41 Å². The van der Waals surface area contributed by atoms with Crippen LogP contribution in [0.2, 0.25) is 0 Å². The van der Waals surface area contributed by atoms with E-state index >= 15 is 0 Å². The fourth-order valence-electron chi connectivity index (χ4n) is 1.43. The second-order valence-electron chi connectivity index (χ2n) is 5.26. The van der Waals surface area contributed by atoms with Crippen molar-refractivity contribution in [2.45, 2.75) is 40.0 Å². The van der Waals surface area contributed by atoms with Crippen LogP contribution in [0.4, 0.5) is 0 Å². The van der Waals surface area contributed by atoms with Crippen LogP contribution in [0.5, 0.6) is 0 Å². The Balaban J connectivity index is 2.38. The maximum Gasteiger partial charge on any atom is 0.137 e. The number of ketones is 1. The summed E-state index contributed by atoms with van der Waals surface area (Å²) in [7, 11) is 0. The first-order chi connectivity index (χ1) is 6.97. The van der Waals surface area contributed by atoms with Crippen molar-refractivity contribution in [3.8, 4) is 0 Å². The molecule has 1 aromatic carbocycles. The van der Waals surface area contributed by atoms with Gasteiger partial charge in [-0.3, -0.25) is 4.79 Å². The highest BCUT2D eigenvalue weighted by Crippen LogP contribution is 2.21. The van der Waals surface area contributed by atoms with Gasteiger partial charge < -0.3 is 0 Å². The molecule has 1 rings (SSSR count). The van der Waals surface area contributed by atoms with Gasteiger partial charge in [-0.25, -0.2) is 0 Å². The molecule has 0 amide bonds. The molecule has 0 bridgehead atoms. The Labute approximate surface area is 92.5 Å². The van der Waals surface area contributed by atoms with Gasteiger partial charge in [-0.2, -0.15) is 0 Å². The zero-order chi connectivity index (χ0) is 11.3. The van der Waals surface area contributed by atoms with Crippen LogP contribution in [-0.2, 0) is 11.2 Å². The highest BCUT2D eigenvalue weighted by Gasteiger charge is 2.12. The third kappa shape index (κ3) is 5.36. The lowest BCUT2D eigenvalue weighted by molar-refractivity contribution is -0.118. The third-order valence-electron chi connectivity index (χ3n) is 2.40. The summed E-state index contributed by atoms with van der Waals surface area (Å²) in [6, 6.07) is 9.95. The molecule has 82 valence electrons. The van der Waals surface area contributed by atoms with Gasteiger partial charge >= 0.3 is 0 Å². The summed E-state index contributed by atoms with van der Waals surface area (Å²) in [5, 5.41) is 0. The Hall–Kier alpha value is -1.11. The molecule has 15 heavy (non-hydrogen) atoms. The van der Waals surface area contributed by atoms with Crippen molar-refractivity contribution in [2.24, 2.45) is 5.41 Å². The lowest BCUT2D eigenvalue weighted by Crippen LogP contribution is -2.10. The van der Waals surface area contributed by atoms with Gasteiger partial charge in [-0.05, 0) is 17.4 Å². The molecule has 0 aliphatic rings. The van der Waals surface area contributed by atoms with Crippen LogP contribution in [0.15, 0.2) is 30.3 Å². The number of hydrogen-bond acceptors (Lipinski definition) is 1. The van der Waals surface area contributed by atoms with Gasteiger partial charge in [0.2, 0.25) is 0 Å². The first-order valence-corrected chi connectivity index (χ1v) is 5.53. The minimum Gasteiger partial charge on any atom is -0.299 e. The number of benzene rings is 1. The molecule has 1 heteroatoms. The summed E-state index contributed by atoms with van der Waals surface area (Å²) in [5.41, 5.74) is 1.38. The predicted octanol–water partition coefficient (Wildman–Crippen LogP) is 3.62. The van der Waals surface area contributed by atoms with E-state index in [0.29, 0.717) is 18.6 Å². The average molecular weight is 204 g/mol. The second-order valence-corrected chi connectivity index (χ2v) is 5.26. The molecule has 0 unspecified atom stereocenters. The quantitative estimate of drug-likeness (QED) is 0.732. The van der Waals surface area contributed by atoms with E-state index in [1.54, 1.807) is 0 Å². The molecule has 0 atom stereocenters. The lowest BCUT2D eigenvalue weighted by Gasteiger charge is -2.16. The standard InChI is InChI=1S/C14H20O/c1-14(2,3)10-9-13(15)11-12-7-5-4-6-8-12/h4-8H,9-11H2,1-3H3. The van der Waals surface area contributed by atoms with E-state index in [1.165, 1.54) is 0 Å². The minimum absolute atomic E-state index is 0.256. The van der Waals surface area contributed by atoms with E-state index < -0.39 is 0 Å². The van der Waals surface area contributed by atoms with Gasteiger partial charge in [0.05, 0.1) is 0 Å². The van der Waals surface area contributed by atoms with E-state index in [9.17, 15) is 4.79 Å². The highest BCUT2D eigenvalue weighted by atomic mass is 16.1. The van der Waals surface area contributed by atoms with Crippen molar-refractivity contribution >= 4 is 5.78 Å². The predicted molar refractivity (Wildman–Crippen MR) is 63.8 cm³/mol. The molecule has 0 radical (unpaired) electrons. The van der Waals surface area contributed by atoms with Crippen LogP contribution >= 0.6 is 0 Å². The Morgan fingerprint density at radius 1 is 1.13 bits per heavy atom. The molecule has 0 aromatic heterocycles. The summed E-state index contributed by atoms with van der Waals surface area (Å²) in [4.78, 5) is 11.7. The van der Waals surface area contributed by atoms with Crippen LogP contribution in [-0.4, -0.2) is 5.78 Å². The zero-order valence-corrected chi connectivity index (χ0v) is 9.92. The summed E-state index contributed by atoms with van der Waals surface area (Å²) in [6.07, 6.45) is 2.24. The van der Waals surface area contributed by atoms with Crippen molar-refractivity contribution in [1.82, 2.24) is 0 Å². The number of Topliss-reactive ketones (excluding diaryl/α,β-unsaturated/α-hetero) is 1. The molecule has 0 fully saturated rings. The van der Waals surface area contributed by atoms with Crippen LogP contribution in [0.25, 0.3) is 0 Å². The first kappa shape index (κ1) is 12.0. The minimum atomic E-state index is 0.256. The highest BCUT2D eigenvalue weighted by molar-refractivity contribution is 5.80. The molecule has 1 aromatic rings. The monoisotopic (exact) mass is 204 g/mol. The Bertz CT molecular complexity index is 306. The third-order valence-corrected chi connectivity index (χ3v) is 2.40. The van der Waals surface area contributed by atoms with Crippen molar-refractivity contribution < 1.29 is 4.79 Å². The van der Waals surface area contributed by atoms with E-state index in [0.717, 1.165) is 12.0 Å². The largest absolute Gasteiger partial charge is 0.299 e. The zero-order valence-electron chi connectivity index (χ0n) is 9.92. The topological polar surface area (TPSA) is 17.1 Å². The van der Waals surface area contributed by atoms with Gasteiger partial charge in [-0.1, -0.05) is 51.1 Å². The molecule has 0 saturated carbocycles. The van der Waals surface area contributed by atoms with E-state index in [2.05, 4.69) is 20.8 Å². The number of rotatable bonds is 4. The Morgan fingerprint density at radius 2 is 1.73 bits per heavy atom. The molecule has 0 N–H and O–H groups in total. The molecule has 0 spiro atoms. The van der Waals surface area contributed by atoms with Gasteiger partial charge in [0.25, 0.3) is 0 Å². The average Bonchev–Trinajstić information content (AvgIpc) is 2.15. The van der Waals surface area contributed by atoms with Gasteiger partial charge in [0.15, 0.2) is 0 Å². The second kappa shape index (κ2) is 5.11. The van der Waals surface area contributed by atoms with E-state index in [1.807, 2.05) is 30.3 Å². The summed E-state index contributed by atoms with van der Waals surface area (Å²) in [5.74, 6) is 0.344. The SMILES string of the molecule is CC(C)(C)CCC(=O)Cc1ccccc1. The fraction of sp³-hybridized carbons (Fsp3) is 0.500. The van der Waals surface area contributed by atoms with Crippen LogP contribution in [0.1, 0.15) is 39.2 Å². The number of carbonyl (C=O) groups is 1.